The topological polar surface area (TPSA) is 97.0 Å². The Labute approximate surface area is 158 Å². The molecule has 0 aliphatic carbocycles. The van der Waals surface area contributed by atoms with Crippen LogP contribution in [0.3, 0.4) is 0 Å². The number of hydrogen-bond acceptors (Lipinski definition) is 4. The zero-order chi connectivity index (χ0) is 19.2. The van der Waals surface area contributed by atoms with Gasteiger partial charge < -0.3 is 20.9 Å². The standard InChI is InChI=1S/C18H26N6O3/c1-22-10-11-24(18(22)27)15-5-2-4-14(12-15)21-17(26)20-6-3-8-23-9-7-19-16(25)13-23/h2,4-5,12H,3,6-11,13H2,1H3,(H,19,25)(H2,20,21,26). The first-order valence-electron chi connectivity index (χ1n) is 9.19. The minimum Gasteiger partial charge on any atom is -0.354 e. The maximum atomic E-state index is 12.1. The van der Waals surface area contributed by atoms with Gasteiger partial charge in [0, 0.05) is 57.7 Å². The largest absolute Gasteiger partial charge is 0.354 e. The third-order valence-electron chi connectivity index (χ3n) is 4.69. The first-order valence-corrected chi connectivity index (χ1v) is 9.19. The number of carbonyl (C=O) groups excluding carboxylic acids is 3. The van der Waals surface area contributed by atoms with Gasteiger partial charge in [0.15, 0.2) is 0 Å². The second-order valence-corrected chi connectivity index (χ2v) is 6.77. The highest BCUT2D eigenvalue weighted by Crippen LogP contribution is 2.22. The van der Waals surface area contributed by atoms with Gasteiger partial charge >= 0.3 is 12.1 Å². The molecule has 0 atom stereocenters. The third-order valence-corrected chi connectivity index (χ3v) is 4.69. The minimum atomic E-state index is -0.284. The van der Waals surface area contributed by atoms with Crippen LogP contribution in [0.1, 0.15) is 6.42 Å². The Morgan fingerprint density at radius 2 is 2.07 bits per heavy atom. The number of anilines is 2. The van der Waals surface area contributed by atoms with Gasteiger partial charge in [0.2, 0.25) is 5.91 Å². The lowest BCUT2D eigenvalue weighted by atomic mass is 10.2. The van der Waals surface area contributed by atoms with Crippen LogP contribution in [-0.4, -0.2) is 80.6 Å². The van der Waals surface area contributed by atoms with E-state index in [4.69, 9.17) is 0 Å². The summed E-state index contributed by atoms with van der Waals surface area (Å²) in [4.78, 5) is 40.9. The van der Waals surface area contributed by atoms with Crippen LogP contribution < -0.4 is 20.9 Å². The van der Waals surface area contributed by atoms with Crippen LogP contribution in [0.4, 0.5) is 21.0 Å². The van der Waals surface area contributed by atoms with E-state index in [1.165, 1.54) is 0 Å². The van der Waals surface area contributed by atoms with Gasteiger partial charge in [-0.25, -0.2) is 9.59 Å². The van der Waals surface area contributed by atoms with Crippen LogP contribution in [0.2, 0.25) is 0 Å². The molecule has 146 valence electrons. The molecule has 2 saturated heterocycles. The quantitative estimate of drug-likeness (QED) is 0.632. The molecule has 1 aromatic carbocycles. The van der Waals surface area contributed by atoms with Crippen molar-refractivity contribution in [2.24, 2.45) is 0 Å². The lowest BCUT2D eigenvalue weighted by Gasteiger charge is -2.26. The number of benzene rings is 1. The van der Waals surface area contributed by atoms with E-state index < -0.39 is 0 Å². The number of rotatable bonds is 6. The summed E-state index contributed by atoms with van der Waals surface area (Å²) >= 11 is 0. The number of likely N-dealkylation sites (N-methyl/N-ethyl adjacent to an activating group) is 1. The Morgan fingerprint density at radius 3 is 2.81 bits per heavy atom. The van der Waals surface area contributed by atoms with Crippen LogP contribution >= 0.6 is 0 Å². The summed E-state index contributed by atoms with van der Waals surface area (Å²) < 4.78 is 0. The fourth-order valence-electron chi connectivity index (χ4n) is 3.20. The average Bonchev–Trinajstić information content (AvgIpc) is 2.98. The van der Waals surface area contributed by atoms with Gasteiger partial charge in [-0.05, 0) is 24.6 Å². The predicted molar refractivity (Wildman–Crippen MR) is 103 cm³/mol. The number of amides is 5. The molecule has 0 saturated carbocycles. The molecule has 9 nitrogen and oxygen atoms in total. The zero-order valence-electron chi connectivity index (χ0n) is 15.5. The summed E-state index contributed by atoms with van der Waals surface area (Å²) in [7, 11) is 1.77. The average molecular weight is 374 g/mol. The summed E-state index contributed by atoms with van der Waals surface area (Å²) in [6.07, 6.45) is 0.773. The maximum absolute atomic E-state index is 12.1. The molecule has 0 aromatic heterocycles. The van der Waals surface area contributed by atoms with E-state index >= 15 is 0 Å². The van der Waals surface area contributed by atoms with Crippen molar-refractivity contribution >= 4 is 29.3 Å². The predicted octanol–water partition coefficient (Wildman–Crippen LogP) is 0.502. The van der Waals surface area contributed by atoms with E-state index in [1.54, 1.807) is 29.0 Å². The van der Waals surface area contributed by atoms with Gasteiger partial charge in [-0.1, -0.05) is 6.07 Å². The van der Waals surface area contributed by atoms with Crippen molar-refractivity contribution in [2.45, 2.75) is 6.42 Å². The van der Waals surface area contributed by atoms with E-state index in [9.17, 15) is 14.4 Å². The van der Waals surface area contributed by atoms with Crippen molar-refractivity contribution in [3.05, 3.63) is 24.3 Å². The monoisotopic (exact) mass is 374 g/mol. The first-order chi connectivity index (χ1) is 13.0. The van der Waals surface area contributed by atoms with Gasteiger partial charge in [0.05, 0.1) is 6.54 Å². The maximum Gasteiger partial charge on any atom is 0.324 e. The highest BCUT2D eigenvalue weighted by atomic mass is 16.2. The van der Waals surface area contributed by atoms with Crippen molar-refractivity contribution in [1.82, 2.24) is 20.4 Å². The smallest absolute Gasteiger partial charge is 0.324 e. The van der Waals surface area contributed by atoms with E-state index in [1.807, 2.05) is 12.1 Å². The lowest BCUT2D eigenvalue weighted by Crippen LogP contribution is -2.48. The van der Waals surface area contributed by atoms with Gasteiger partial charge in [0.25, 0.3) is 0 Å². The first kappa shape index (κ1) is 19.0. The molecule has 3 rings (SSSR count). The molecule has 9 heteroatoms. The van der Waals surface area contributed by atoms with E-state index in [0.717, 1.165) is 25.2 Å². The fourth-order valence-corrected chi connectivity index (χ4v) is 3.20. The molecule has 2 aliphatic rings. The number of nitrogens with one attached hydrogen (secondary N) is 3. The molecule has 2 fully saturated rings. The molecule has 0 spiro atoms. The number of carbonyl (C=O) groups is 3. The number of nitrogens with zero attached hydrogens (tertiary/aromatic N) is 3. The van der Waals surface area contributed by atoms with Crippen molar-refractivity contribution in [1.29, 1.82) is 0 Å². The lowest BCUT2D eigenvalue weighted by molar-refractivity contribution is -0.124. The summed E-state index contributed by atoms with van der Waals surface area (Å²) in [5, 5.41) is 8.41. The number of urea groups is 2. The molecule has 27 heavy (non-hydrogen) atoms. The minimum absolute atomic E-state index is 0.0389. The summed E-state index contributed by atoms with van der Waals surface area (Å²) in [5.74, 6) is 0.0505. The highest BCUT2D eigenvalue weighted by Gasteiger charge is 2.26. The Kier molecular flexibility index (Phi) is 6.12. The van der Waals surface area contributed by atoms with Gasteiger partial charge in [-0.15, -0.1) is 0 Å². The Hall–Kier alpha value is -2.81. The molecule has 1 aromatic rings. The summed E-state index contributed by atoms with van der Waals surface area (Å²) in [6, 6.07) is 6.94. The van der Waals surface area contributed by atoms with E-state index in [-0.39, 0.29) is 18.0 Å². The van der Waals surface area contributed by atoms with Gasteiger partial charge in [-0.3, -0.25) is 14.6 Å². The SMILES string of the molecule is CN1CCN(c2cccc(NC(=O)NCCCN3CCNC(=O)C3)c2)C1=O. The van der Waals surface area contributed by atoms with Crippen LogP contribution in [0.15, 0.2) is 24.3 Å². The second-order valence-electron chi connectivity index (χ2n) is 6.77. The second kappa shape index (κ2) is 8.72. The molecule has 0 bridgehead atoms. The highest BCUT2D eigenvalue weighted by molar-refractivity contribution is 5.95. The molecule has 0 unspecified atom stereocenters. The molecular formula is C18H26N6O3. The summed E-state index contributed by atoms with van der Waals surface area (Å²) in [5.41, 5.74) is 1.41. The fraction of sp³-hybridized carbons (Fsp3) is 0.500. The normalized spacial score (nSPS) is 17.8. The summed E-state index contributed by atoms with van der Waals surface area (Å²) in [6.45, 7) is 4.57. The van der Waals surface area contributed by atoms with Crippen LogP contribution in [0.5, 0.6) is 0 Å². The van der Waals surface area contributed by atoms with Crippen LogP contribution in [0, 0.1) is 0 Å². The van der Waals surface area contributed by atoms with Gasteiger partial charge in [-0.2, -0.15) is 0 Å². The molecule has 5 amide bonds. The van der Waals surface area contributed by atoms with Crippen LogP contribution in [-0.2, 0) is 4.79 Å². The van der Waals surface area contributed by atoms with Crippen molar-refractivity contribution in [3.63, 3.8) is 0 Å². The van der Waals surface area contributed by atoms with Gasteiger partial charge in [0.1, 0.15) is 0 Å². The molecular weight excluding hydrogens is 348 g/mol. The molecule has 2 aliphatic heterocycles. The van der Waals surface area contributed by atoms with Crippen molar-refractivity contribution < 1.29 is 14.4 Å². The van der Waals surface area contributed by atoms with Crippen molar-refractivity contribution in [2.75, 3.05) is 63.1 Å². The zero-order valence-corrected chi connectivity index (χ0v) is 15.5. The van der Waals surface area contributed by atoms with Crippen molar-refractivity contribution in [3.8, 4) is 0 Å². The Bertz CT molecular complexity index is 710. The Morgan fingerprint density at radius 1 is 1.22 bits per heavy atom. The molecule has 0 radical (unpaired) electrons. The van der Waals surface area contributed by atoms with E-state index in [0.29, 0.717) is 38.4 Å². The Balaban J connectivity index is 1.42. The third kappa shape index (κ3) is 5.10. The number of hydrogen-bond donors (Lipinski definition) is 3. The van der Waals surface area contributed by atoms with Crippen LogP contribution in [0.25, 0.3) is 0 Å². The number of piperazine rings is 1. The molecule has 3 N–H and O–H groups in total. The molecule has 2 heterocycles. The van der Waals surface area contributed by atoms with E-state index in [2.05, 4.69) is 20.9 Å².